The number of nitrogens with one attached hydrogen (secondary N) is 1. The monoisotopic (exact) mass is 457 g/mol. The lowest BCUT2D eigenvalue weighted by molar-refractivity contribution is 0.0472. The van der Waals surface area contributed by atoms with Crippen LogP contribution in [0.2, 0.25) is 0 Å². The minimum atomic E-state index is -0.00607. The molecule has 1 atom stereocenters. The quantitative estimate of drug-likeness (QED) is 0.569. The van der Waals surface area contributed by atoms with Gasteiger partial charge < -0.3 is 14.8 Å². The van der Waals surface area contributed by atoms with Crippen molar-refractivity contribution in [1.29, 1.82) is 0 Å². The highest BCUT2D eigenvalue weighted by atomic mass is 16.6. The molecule has 2 aromatic carbocycles. The van der Waals surface area contributed by atoms with Crippen LogP contribution < -0.4 is 14.8 Å². The van der Waals surface area contributed by atoms with Crippen LogP contribution >= 0.6 is 0 Å². The predicted molar refractivity (Wildman–Crippen MR) is 132 cm³/mol. The first-order valence-electron chi connectivity index (χ1n) is 12.1. The van der Waals surface area contributed by atoms with E-state index in [1.807, 2.05) is 60.7 Å². The highest BCUT2D eigenvalue weighted by Crippen LogP contribution is 2.31. The number of likely N-dealkylation sites (tertiary alicyclic amines) is 1. The van der Waals surface area contributed by atoms with Crippen molar-refractivity contribution in [3.63, 3.8) is 0 Å². The lowest BCUT2D eigenvalue weighted by Crippen LogP contribution is -2.44. The van der Waals surface area contributed by atoms with Crippen molar-refractivity contribution < 1.29 is 14.3 Å². The second-order valence-electron chi connectivity index (χ2n) is 9.10. The van der Waals surface area contributed by atoms with Gasteiger partial charge >= 0.3 is 0 Å². The maximum absolute atomic E-state index is 12.5. The molecule has 0 saturated carbocycles. The first kappa shape index (κ1) is 22.4. The van der Waals surface area contributed by atoms with E-state index in [4.69, 9.17) is 9.47 Å². The zero-order valence-corrected chi connectivity index (χ0v) is 19.4. The molecule has 1 saturated heterocycles. The molecule has 1 N–H and O–H groups in total. The molecule has 1 aromatic heterocycles. The van der Waals surface area contributed by atoms with Crippen LogP contribution in [0.4, 0.5) is 0 Å². The van der Waals surface area contributed by atoms with E-state index in [1.54, 1.807) is 12.4 Å². The zero-order valence-electron chi connectivity index (χ0n) is 19.4. The molecule has 1 fully saturated rings. The van der Waals surface area contributed by atoms with E-state index in [0.717, 1.165) is 61.5 Å². The number of hydrogen-bond acceptors (Lipinski definition) is 5. The summed E-state index contributed by atoms with van der Waals surface area (Å²) in [5, 5.41) is 3.09. The summed E-state index contributed by atoms with van der Waals surface area (Å²) in [6.07, 6.45) is 6.96. The van der Waals surface area contributed by atoms with E-state index < -0.39 is 0 Å². The highest BCUT2D eigenvalue weighted by Gasteiger charge is 2.26. The summed E-state index contributed by atoms with van der Waals surface area (Å²) in [5.41, 5.74) is 2.88. The van der Waals surface area contributed by atoms with E-state index in [2.05, 4.69) is 15.2 Å². The topological polar surface area (TPSA) is 63.7 Å². The van der Waals surface area contributed by atoms with Gasteiger partial charge in [0.1, 0.15) is 12.7 Å². The minimum absolute atomic E-state index is 0.00607. The molecule has 6 heteroatoms. The van der Waals surface area contributed by atoms with Crippen molar-refractivity contribution in [1.82, 2.24) is 15.2 Å². The van der Waals surface area contributed by atoms with E-state index in [9.17, 15) is 4.79 Å². The van der Waals surface area contributed by atoms with Gasteiger partial charge in [-0.25, -0.2) is 0 Å². The largest absolute Gasteiger partial charge is 0.486 e. The number of nitrogens with zero attached hydrogens (tertiary/aromatic N) is 2. The van der Waals surface area contributed by atoms with Crippen molar-refractivity contribution in [2.24, 2.45) is 5.92 Å². The van der Waals surface area contributed by atoms with Gasteiger partial charge in [0.2, 0.25) is 0 Å². The number of piperidine rings is 1. The summed E-state index contributed by atoms with van der Waals surface area (Å²) >= 11 is 0. The van der Waals surface area contributed by atoms with Gasteiger partial charge in [-0.05, 0) is 85.8 Å². The molecular formula is C28H31N3O3. The molecule has 3 aromatic rings. The molecule has 3 heterocycles. The molecule has 0 radical (unpaired) electrons. The maximum atomic E-state index is 12.5. The van der Waals surface area contributed by atoms with Crippen LogP contribution in [0, 0.1) is 5.92 Å². The molecule has 0 aliphatic carbocycles. The summed E-state index contributed by atoms with van der Waals surface area (Å²) in [6.45, 7) is 4.35. The van der Waals surface area contributed by atoms with Crippen molar-refractivity contribution in [2.75, 3.05) is 32.8 Å². The molecule has 176 valence electrons. The van der Waals surface area contributed by atoms with Crippen LogP contribution in [-0.4, -0.2) is 54.7 Å². The molecule has 34 heavy (non-hydrogen) atoms. The smallest absolute Gasteiger partial charge is 0.251 e. The summed E-state index contributed by atoms with van der Waals surface area (Å²) in [5.74, 6) is 2.32. The number of hydrogen-bond donors (Lipinski definition) is 1. The van der Waals surface area contributed by atoms with Crippen LogP contribution in [-0.2, 0) is 0 Å². The number of carbonyl (C=O) groups is 1. The Morgan fingerprint density at radius 3 is 2.41 bits per heavy atom. The molecule has 6 nitrogen and oxygen atoms in total. The Hall–Kier alpha value is -3.38. The second-order valence-corrected chi connectivity index (χ2v) is 9.10. The lowest BCUT2D eigenvalue weighted by atomic mass is 9.93. The minimum Gasteiger partial charge on any atom is -0.486 e. The first-order valence-corrected chi connectivity index (χ1v) is 12.1. The van der Waals surface area contributed by atoms with Gasteiger partial charge in [0, 0.05) is 31.0 Å². The average Bonchev–Trinajstić information content (AvgIpc) is 2.90. The first-order chi connectivity index (χ1) is 16.7. The molecule has 0 spiro atoms. The third-order valence-corrected chi connectivity index (χ3v) is 6.74. The number of para-hydroxylation sites is 2. The van der Waals surface area contributed by atoms with E-state index in [-0.39, 0.29) is 12.0 Å². The number of ether oxygens (including phenoxy) is 2. The summed E-state index contributed by atoms with van der Waals surface area (Å²) in [7, 11) is 0. The fourth-order valence-corrected chi connectivity index (χ4v) is 4.75. The van der Waals surface area contributed by atoms with Crippen LogP contribution in [0.1, 0.15) is 29.6 Å². The Bertz CT molecular complexity index is 1080. The van der Waals surface area contributed by atoms with Crippen molar-refractivity contribution in [2.45, 2.75) is 25.4 Å². The van der Waals surface area contributed by atoms with Crippen molar-refractivity contribution in [3.05, 3.63) is 78.6 Å². The zero-order chi connectivity index (χ0) is 23.2. The molecular weight excluding hydrogens is 426 g/mol. The fourth-order valence-electron chi connectivity index (χ4n) is 4.75. The third-order valence-electron chi connectivity index (χ3n) is 6.74. The SMILES string of the molecule is O=C(NCCC1CCN(CC2COc3ccccc3O2)CC1)c1ccc(-c2ccncc2)cc1. The fraction of sp³-hybridized carbons (Fsp3) is 0.357. The van der Waals surface area contributed by atoms with E-state index in [1.165, 1.54) is 0 Å². The van der Waals surface area contributed by atoms with Crippen LogP contribution in [0.15, 0.2) is 73.1 Å². The van der Waals surface area contributed by atoms with E-state index in [0.29, 0.717) is 24.6 Å². The van der Waals surface area contributed by atoms with Crippen molar-refractivity contribution >= 4 is 5.91 Å². The standard InChI is InChI=1S/C28H31N3O3/c32-28(24-7-5-22(6-8-24)23-10-14-29-15-11-23)30-16-9-21-12-17-31(18-13-21)19-25-20-33-26-3-1-2-4-27(26)34-25/h1-8,10-11,14-15,21,25H,9,12-13,16-20H2,(H,30,32). The molecule has 1 amide bonds. The summed E-state index contributed by atoms with van der Waals surface area (Å²) in [6, 6.07) is 19.6. The lowest BCUT2D eigenvalue weighted by Gasteiger charge is -2.35. The Labute approximate surface area is 200 Å². The average molecular weight is 458 g/mol. The van der Waals surface area contributed by atoms with Gasteiger partial charge in [0.05, 0.1) is 0 Å². The van der Waals surface area contributed by atoms with Crippen molar-refractivity contribution in [3.8, 4) is 22.6 Å². The summed E-state index contributed by atoms with van der Waals surface area (Å²) < 4.78 is 12.0. The second kappa shape index (κ2) is 10.7. The van der Waals surface area contributed by atoms with E-state index >= 15 is 0 Å². The van der Waals surface area contributed by atoms with Gasteiger partial charge in [-0.1, -0.05) is 24.3 Å². The normalized spacial score (nSPS) is 18.4. The van der Waals surface area contributed by atoms with Gasteiger partial charge in [-0.2, -0.15) is 0 Å². The molecule has 2 aliphatic heterocycles. The Kier molecular flexibility index (Phi) is 7.05. The number of amides is 1. The van der Waals surface area contributed by atoms with Crippen LogP contribution in [0.5, 0.6) is 11.5 Å². The number of benzene rings is 2. The predicted octanol–water partition coefficient (Wildman–Crippen LogP) is 4.42. The van der Waals surface area contributed by atoms with Crippen LogP contribution in [0.25, 0.3) is 11.1 Å². The molecule has 5 rings (SSSR count). The molecule has 1 unspecified atom stereocenters. The maximum Gasteiger partial charge on any atom is 0.251 e. The number of aromatic nitrogens is 1. The number of pyridine rings is 1. The number of carbonyl (C=O) groups excluding carboxylic acids is 1. The molecule has 2 aliphatic rings. The summed E-state index contributed by atoms with van der Waals surface area (Å²) in [4.78, 5) is 19.1. The van der Waals surface area contributed by atoms with Gasteiger partial charge in [-0.3, -0.25) is 14.7 Å². The number of rotatable bonds is 7. The Morgan fingerprint density at radius 1 is 0.941 bits per heavy atom. The highest BCUT2D eigenvalue weighted by molar-refractivity contribution is 5.94. The van der Waals surface area contributed by atoms with Gasteiger partial charge in [0.15, 0.2) is 11.5 Å². The molecule has 0 bridgehead atoms. The van der Waals surface area contributed by atoms with Gasteiger partial charge in [0.25, 0.3) is 5.91 Å². The number of fused-ring (bicyclic) bond motifs is 1. The third kappa shape index (κ3) is 5.57. The van der Waals surface area contributed by atoms with Crippen LogP contribution in [0.3, 0.4) is 0 Å². The van der Waals surface area contributed by atoms with Gasteiger partial charge in [-0.15, -0.1) is 0 Å². The Morgan fingerprint density at radius 2 is 1.65 bits per heavy atom. The Balaban J connectivity index is 1.01.